The molecule has 0 aromatic heterocycles. The fourth-order valence-corrected chi connectivity index (χ4v) is 4.08. The summed E-state index contributed by atoms with van der Waals surface area (Å²) in [5.74, 6) is 1.40. The molecule has 0 aliphatic carbocycles. The van der Waals surface area contributed by atoms with Crippen LogP contribution >= 0.6 is 12.2 Å². The molecule has 0 aliphatic rings. The number of allylic oxidation sites excluding steroid dienone is 2. The number of para-hydroxylation sites is 1. The minimum atomic E-state index is 0.377. The van der Waals surface area contributed by atoms with Crippen LogP contribution in [0.5, 0.6) is 0 Å². The Labute approximate surface area is 189 Å². The minimum Gasteiger partial charge on any atom is -0.352 e. The molecule has 3 unspecified atom stereocenters. The summed E-state index contributed by atoms with van der Waals surface area (Å²) in [7, 11) is 0. The molecule has 2 rings (SSSR count). The second-order valence-electron chi connectivity index (χ2n) is 8.37. The van der Waals surface area contributed by atoms with Crippen LogP contribution in [0.2, 0.25) is 0 Å². The molecule has 2 aromatic carbocycles. The molecule has 1 N–H and O–H groups in total. The molecule has 2 aromatic rings. The Balaban J connectivity index is 2.41. The van der Waals surface area contributed by atoms with Crippen molar-refractivity contribution >= 4 is 35.0 Å². The van der Waals surface area contributed by atoms with Crippen molar-refractivity contribution < 1.29 is 0 Å². The molecule has 160 valence electrons. The molecule has 0 fully saturated rings. The van der Waals surface area contributed by atoms with Gasteiger partial charge in [0.25, 0.3) is 0 Å². The van der Waals surface area contributed by atoms with E-state index in [0.29, 0.717) is 17.8 Å². The number of hydrogen-bond donors (Lipinski definition) is 1. The van der Waals surface area contributed by atoms with Crippen LogP contribution in [-0.4, -0.2) is 5.49 Å². The fraction of sp³-hybridized carbons (Fsp3) is 0.393. The van der Waals surface area contributed by atoms with E-state index < -0.39 is 0 Å². The van der Waals surface area contributed by atoms with Gasteiger partial charge in [0.15, 0.2) is 0 Å². The van der Waals surface area contributed by atoms with E-state index in [0.717, 1.165) is 18.5 Å². The Hall–Kier alpha value is -2.19. The summed E-state index contributed by atoms with van der Waals surface area (Å²) in [4.78, 5) is 0. The lowest BCUT2D eigenvalue weighted by Gasteiger charge is -2.22. The highest BCUT2D eigenvalue weighted by Crippen LogP contribution is 2.34. The lowest BCUT2D eigenvalue weighted by Crippen LogP contribution is -2.06. The molecule has 0 aliphatic heterocycles. The Morgan fingerprint density at radius 3 is 2.27 bits per heavy atom. The molecule has 0 radical (unpaired) electrons. The average molecular weight is 420 g/mol. The van der Waals surface area contributed by atoms with Gasteiger partial charge in [-0.2, -0.15) is 0 Å². The van der Waals surface area contributed by atoms with E-state index in [4.69, 9.17) is 12.2 Å². The first-order valence-corrected chi connectivity index (χ1v) is 11.7. The van der Waals surface area contributed by atoms with E-state index in [1.165, 1.54) is 34.3 Å². The maximum Gasteiger partial charge on any atom is 0.0659 e. The summed E-state index contributed by atoms with van der Waals surface area (Å²) in [5.41, 5.74) is 9.11. The summed E-state index contributed by atoms with van der Waals surface area (Å²) >= 11 is 5.02. The van der Waals surface area contributed by atoms with Gasteiger partial charge < -0.3 is 5.32 Å². The Kier molecular flexibility index (Phi) is 9.52. The van der Waals surface area contributed by atoms with Gasteiger partial charge in [0.1, 0.15) is 0 Å². The zero-order valence-corrected chi connectivity index (χ0v) is 20.1. The molecule has 1 nitrogen and oxygen atoms in total. The monoisotopic (exact) mass is 419 g/mol. The molecule has 0 saturated carbocycles. The van der Waals surface area contributed by atoms with Crippen LogP contribution in [0.25, 0.3) is 11.6 Å². The van der Waals surface area contributed by atoms with Crippen LogP contribution in [0.3, 0.4) is 0 Å². The van der Waals surface area contributed by atoms with Crippen molar-refractivity contribution in [3.05, 3.63) is 77.4 Å². The zero-order valence-electron chi connectivity index (χ0n) is 19.2. The second-order valence-corrected chi connectivity index (χ2v) is 8.60. The smallest absolute Gasteiger partial charge is 0.0659 e. The lowest BCUT2D eigenvalue weighted by molar-refractivity contribution is 0.607. The number of nitrogens with one attached hydrogen (secondary N) is 1. The average Bonchev–Trinajstić information content (AvgIpc) is 2.77. The topological polar surface area (TPSA) is 12.0 Å². The highest BCUT2D eigenvalue weighted by Gasteiger charge is 2.16. The van der Waals surface area contributed by atoms with Gasteiger partial charge in [-0.3, -0.25) is 0 Å². The number of benzene rings is 2. The van der Waals surface area contributed by atoms with E-state index >= 15 is 0 Å². The molecule has 0 heterocycles. The third-order valence-electron chi connectivity index (χ3n) is 6.28. The molecular formula is C28H37NS. The first-order valence-electron chi connectivity index (χ1n) is 11.2. The highest BCUT2D eigenvalue weighted by atomic mass is 32.1. The van der Waals surface area contributed by atoms with Crippen molar-refractivity contribution in [2.45, 2.75) is 59.8 Å². The van der Waals surface area contributed by atoms with Crippen LogP contribution in [0.15, 0.2) is 60.7 Å². The SMILES string of the molecule is C=C(C(C)CC)C(C)c1ccc(/C(=C/c2ccccc2NC=S)C(C)CCC)cc1. The zero-order chi connectivity index (χ0) is 22.1. The van der Waals surface area contributed by atoms with Crippen molar-refractivity contribution in [2.75, 3.05) is 5.32 Å². The summed E-state index contributed by atoms with van der Waals surface area (Å²) < 4.78 is 0. The Bertz CT molecular complexity index is 862. The molecule has 0 spiro atoms. The maximum absolute atomic E-state index is 5.02. The fourth-order valence-electron chi connectivity index (χ4n) is 3.95. The van der Waals surface area contributed by atoms with E-state index in [1.807, 2.05) is 6.07 Å². The van der Waals surface area contributed by atoms with Crippen molar-refractivity contribution in [3.8, 4) is 0 Å². The highest BCUT2D eigenvalue weighted by molar-refractivity contribution is 7.79. The molecule has 0 amide bonds. The van der Waals surface area contributed by atoms with Crippen molar-refractivity contribution in [2.24, 2.45) is 11.8 Å². The first kappa shape index (κ1) is 24.1. The van der Waals surface area contributed by atoms with Gasteiger partial charge in [-0.05, 0) is 59.1 Å². The van der Waals surface area contributed by atoms with Crippen LogP contribution in [-0.2, 0) is 0 Å². The standard InChI is InChI=1S/C28H37NS/c1-7-11-21(4)27(18-26-12-9-10-13-28(26)29-19-30)25-16-14-24(15-17-25)23(6)22(5)20(3)8-2/h9-10,12-21,23H,5,7-8,11H2,1-4,6H3,(H,29,30)/b27-18+. The minimum absolute atomic E-state index is 0.377. The van der Waals surface area contributed by atoms with Crippen LogP contribution in [0.4, 0.5) is 5.69 Å². The van der Waals surface area contributed by atoms with Crippen molar-refractivity contribution in [3.63, 3.8) is 0 Å². The quantitative estimate of drug-likeness (QED) is 0.222. The number of rotatable bonds is 11. The normalized spacial score (nSPS) is 14.6. The van der Waals surface area contributed by atoms with Gasteiger partial charge in [0.05, 0.1) is 5.49 Å². The summed E-state index contributed by atoms with van der Waals surface area (Å²) in [5, 5.41) is 3.19. The Morgan fingerprint density at radius 1 is 1.00 bits per heavy atom. The van der Waals surface area contributed by atoms with Gasteiger partial charge in [-0.1, -0.05) is 108 Å². The summed E-state index contributed by atoms with van der Waals surface area (Å²) in [6.07, 6.45) is 5.79. The van der Waals surface area contributed by atoms with E-state index in [2.05, 4.69) is 95.1 Å². The van der Waals surface area contributed by atoms with Crippen LogP contribution < -0.4 is 5.32 Å². The van der Waals surface area contributed by atoms with Crippen LogP contribution in [0, 0.1) is 11.8 Å². The predicted molar refractivity (Wildman–Crippen MR) is 139 cm³/mol. The number of thiocarbonyl (C=S) groups is 1. The van der Waals surface area contributed by atoms with Crippen molar-refractivity contribution in [1.29, 1.82) is 0 Å². The van der Waals surface area contributed by atoms with Gasteiger partial charge in [-0.25, -0.2) is 0 Å². The number of hydrogen-bond acceptors (Lipinski definition) is 1. The van der Waals surface area contributed by atoms with Gasteiger partial charge in [0.2, 0.25) is 0 Å². The molecule has 30 heavy (non-hydrogen) atoms. The van der Waals surface area contributed by atoms with Gasteiger partial charge in [0, 0.05) is 11.6 Å². The number of anilines is 1. The molecule has 2 heteroatoms. The summed E-state index contributed by atoms with van der Waals surface area (Å²) in [6.45, 7) is 15.7. The van der Waals surface area contributed by atoms with Gasteiger partial charge >= 0.3 is 0 Å². The lowest BCUT2D eigenvalue weighted by atomic mass is 9.83. The maximum atomic E-state index is 5.02. The van der Waals surface area contributed by atoms with Gasteiger partial charge in [-0.15, -0.1) is 0 Å². The van der Waals surface area contributed by atoms with E-state index in [1.54, 1.807) is 5.49 Å². The molecule has 0 saturated heterocycles. The van der Waals surface area contributed by atoms with E-state index in [-0.39, 0.29) is 0 Å². The van der Waals surface area contributed by atoms with E-state index in [9.17, 15) is 0 Å². The second kappa shape index (κ2) is 11.9. The molecular weight excluding hydrogens is 382 g/mol. The Morgan fingerprint density at radius 2 is 1.67 bits per heavy atom. The largest absolute Gasteiger partial charge is 0.352 e. The first-order chi connectivity index (χ1) is 14.4. The molecule has 3 atom stereocenters. The third kappa shape index (κ3) is 6.15. The van der Waals surface area contributed by atoms with Crippen molar-refractivity contribution in [1.82, 2.24) is 0 Å². The third-order valence-corrected chi connectivity index (χ3v) is 6.40. The van der Waals surface area contributed by atoms with Crippen LogP contribution in [0.1, 0.15) is 76.5 Å². The summed E-state index contributed by atoms with van der Waals surface area (Å²) in [6, 6.07) is 17.4. The molecule has 0 bridgehead atoms. The predicted octanol–water partition coefficient (Wildman–Crippen LogP) is 8.74.